The molecule has 27 heavy (non-hydrogen) atoms. The van der Waals surface area contributed by atoms with Crippen molar-refractivity contribution in [1.29, 1.82) is 0 Å². The zero-order valence-corrected chi connectivity index (χ0v) is 16.7. The van der Waals surface area contributed by atoms with Crippen molar-refractivity contribution in [3.63, 3.8) is 0 Å². The van der Waals surface area contributed by atoms with Gasteiger partial charge in [0.1, 0.15) is 0 Å². The normalized spacial score (nSPS) is 19.1. The van der Waals surface area contributed by atoms with Crippen molar-refractivity contribution in [2.75, 3.05) is 38.2 Å². The van der Waals surface area contributed by atoms with E-state index in [2.05, 4.69) is 22.4 Å². The van der Waals surface area contributed by atoms with Gasteiger partial charge in [0, 0.05) is 43.7 Å². The molecule has 1 aliphatic rings. The summed E-state index contributed by atoms with van der Waals surface area (Å²) in [6.45, 7) is 4.41. The minimum atomic E-state index is -2.49. The molecule has 146 valence electrons. The van der Waals surface area contributed by atoms with E-state index in [1.165, 1.54) is 4.88 Å². The summed E-state index contributed by atoms with van der Waals surface area (Å²) in [5.74, 6) is -0.0117. The van der Waals surface area contributed by atoms with E-state index in [9.17, 15) is 4.79 Å². The maximum Gasteiger partial charge on any atom is 0.227 e. The Labute approximate surface area is 171 Å². The van der Waals surface area contributed by atoms with Crippen LogP contribution in [0.25, 0.3) is 0 Å². The molecule has 0 bridgehead atoms. The Morgan fingerprint density at radius 3 is 2.67 bits per heavy atom. The molecule has 0 spiro atoms. The Kier molecular flexibility index (Phi) is 5.72. The molecule has 1 amide bonds. The molecule has 3 rings (SSSR count). The first-order valence-corrected chi connectivity index (χ1v) is 10.5. The van der Waals surface area contributed by atoms with Gasteiger partial charge >= 0.3 is 0 Å². The van der Waals surface area contributed by atoms with Crippen LogP contribution in [-0.2, 0) is 16.0 Å². The van der Waals surface area contributed by atoms with E-state index in [4.69, 9.17) is 8.85 Å². The number of carbonyl (C=O) groups is 1. The van der Waals surface area contributed by atoms with Crippen LogP contribution in [0.5, 0.6) is 0 Å². The zero-order chi connectivity index (χ0) is 21.6. The summed E-state index contributed by atoms with van der Waals surface area (Å²) >= 11 is 1.77. The zero-order valence-electron chi connectivity index (χ0n) is 18.9. The van der Waals surface area contributed by atoms with Crippen LogP contribution in [0.2, 0.25) is 0 Å². The highest BCUT2D eigenvalue weighted by molar-refractivity contribution is 7.09. The number of ether oxygens (including phenoxy) is 1. The van der Waals surface area contributed by atoms with E-state index >= 15 is 0 Å². The van der Waals surface area contributed by atoms with Crippen molar-refractivity contribution in [2.45, 2.75) is 38.1 Å². The molecule has 0 unspecified atom stereocenters. The van der Waals surface area contributed by atoms with Crippen molar-refractivity contribution in [1.82, 2.24) is 4.90 Å². The van der Waals surface area contributed by atoms with E-state index in [1.54, 1.807) is 16.2 Å². The third-order valence-corrected chi connectivity index (χ3v) is 6.36. The van der Waals surface area contributed by atoms with Crippen LogP contribution in [0.15, 0.2) is 47.8 Å². The number of hydrogen-bond donors (Lipinski definition) is 0. The molecule has 4 nitrogen and oxygen atoms in total. The summed E-state index contributed by atoms with van der Waals surface area (Å²) in [5, 5.41) is 2.09. The third-order valence-electron chi connectivity index (χ3n) is 5.42. The first-order valence-electron chi connectivity index (χ1n) is 11.1. The Morgan fingerprint density at radius 1 is 1.26 bits per heavy atom. The van der Waals surface area contributed by atoms with Gasteiger partial charge in [0.05, 0.1) is 16.3 Å². The van der Waals surface area contributed by atoms with Crippen LogP contribution in [0.4, 0.5) is 5.69 Å². The predicted molar refractivity (Wildman–Crippen MR) is 113 cm³/mol. The van der Waals surface area contributed by atoms with Gasteiger partial charge < -0.3 is 14.5 Å². The average Bonchev–Trinajstić information content (AvgIpc) is 3.26. The number of benzene rings is 1. The van der Waals surface area contributed by atoms with Gasteiger partial charge in [0.25, 0.3) is 0 Å². The molecular formula is C22H30N2O2S. The second kappa shape index (κ2) is 9.49. The lowest BCUT2D eigenvalue weighted by Gasteiger charge is -2.48. The number of likely N-dealkylation sites (tertiary alicyclic amines) is 1. The smallest absolute Gasteiger partial charge is 0.227 e. The van der Waals surface area contributed by atoms with Gasteiger partial charge in [-0.05, 0) is 42.8 Å². The van der Waals surface area contributed by atoms with Gasteiger partial charge in [-0.25, -0.2) is 0 Å². The highest BCUT2D eigenvalue weighted by Gasteiger charge is 2.42. The molecule has 2 aromatic rings. The fourth-order valence-corrected chi connectivity index (χ4v) is 4.60. The lowest BCUT2D eigenvalue weighted by Crippen LogP contribution is -2.60. The Morgan fingerprint density at radius 2 is 2.04 bits per heavy atom. The predicted octanol–water partition coefficient (Wildman–Crippen LogP) is 4.21. The van der Waals surface area contributed by atoms with E-state index in [0.717, 1.165) is 31.7 Å². The maximum atomic E-state index is 13.0. The molecule has 0 saturated carbocycles. The lowest BCUT2D eigenvalue weighted by atomic mass is 9.85. The molecule has 0 atom stereocenters. The second-order valence-electron chi connectivity index (χ2n) is 7.10. The number of thiophene rings is 1. The van der Waals surface area contributed by atoms with Gasteiger partial charge in [-0.3, -0.25) is 4.79 Å². The number of anilines is 1. The number of rotatable bonds is 8. The summed E-state index contributed by atoms with van der Waals surface area (Å²) in [4.78, 5) is 18.6. The Bertz CT molecular complexity index is 788. The molecule has 0 N–H and O–H groups in total. The number of carbonyl (C=O) groups excluding carboxylic acids is 1. The van der Waals surface area contributed by atoms with Crippen molar-refractivity contribution in [3.05, 3.63) is 52.7 Å². The molecule has 0 radical (unpaired) electrons. The van der Waals surface area contributed by atoms with Gasteiger partial charge in [-0.1, -0.05) is 31.2 Å². The average molecular weight is 390 g/mol. The Balaban J connectivity index is 1.79. The number of para-hydroxylation sites is 1. The van der Waals surface area contributed by atoms with Crippen molar-refractivity contribution < 1.29 is 13.6 Å². The molecule has 0 aliphatic carbocycles. The Hall–Kier alpha value is -1.69. The SMILES string of the molecule is [2H]C([2H])([2H])OCC1(N(C(=O)CC)c2ccccc2)CCN(CCc2cccs2)CC1. The number of piperidine rings is 1. The van der Waals surface area contributed by atoms with E-state index in [-0.39, 0.29) is 12.5 Å². The molecule has 1 aromatic carbocycles. The monoisotopic (exact) mass is 389 g/mol. The maximum absolute atomic E-state index is 13.0. The number of methoxy groups -OCH3 is 1. The summed E-state index contributed by atoms with van der Waals surface area (Å²) in [6, 6.07) is 13.8. The third kappa shape index (κ3) is 4.78. The minimum Gasteiger partial charge on any atom is -0.382 e. The van der Waals surface area contributed by atoms with Crippen LogP contribution in [0, 0.1) is 0 Å². The van der Waals surface area contributed by atoms with Gasteiger partial charge in [-0.2, -0.15) is 0 Å². The summed E-state index contributed by atoms with van der Waals surface area (Å²) in [6.07, 6.45) is 2.71. The number of hydrogen-bond acceptors (Lipinski definition) is 4. The van der Waals surface area contributed by atoms with E-state index in [0.29, 0.717) is 19.3 Å². The highest BCUT2D eigenvalue weighted by Crippen LogP contribution is 2.34. The van der Waals surface area contributed by atoms with Crippen molar-refractivity contribution >= 4 is 22.9 Å². The summed E-state index contributed by atoms with van der Waals surface area (Å²) < 4.78 is 27.9. The number of amides is 1. The van der Waals surface area contributed by atoms with E-state index < -0.39 is 12.6 Å². The number of nitrogens with zero attached hydrogens (tertiary/aromatic N) is 2. The van der Waals surface area contributed by atoms with Crippen LogP contribution in [0.3, 0.4) is 0 Å². The molecule has 1 aliphatic heterocycles. The molecule has 1 saturated heterocycles. The molecule has 1 fully saturated rings. The molecular weight excluding hydrogens is 356 g/mol. The molecule has 5 heteroatoms. The lowest BCUT2D eigenvalue weighted by molar-refractivity contribution is -0.120. The van der Waals surface area contributed by atoms with E-state index in [1.807, 2.05) is 37.3 Å². The fraction of sp³-hybridized carbons (Fsp3) is 0.500. The molecule has 1 aromatic heterocycles. The largest absolute Gasteiger partial charge is 0.382 e. The first-order chi connectivity index (χ1) is 14.3. The minimum absolute atomic E-state index is 0.00288. The topological polar surface area (TPSA) is 32.8 Å². The quantitative estimate of drug-likeness (QED) is 0.678. The van der Waals surface area contributed by atoms with Gasteiger partial charge in [0.2, 0.25) is 5.91 Å². The highest BCUT2D eigenvalue weighted by atomic mass is 32.1. The van der Waals surface area contributed by atoms with Crippen molar-refractivity contribution in [3.8, 4) is 0 Å². The van der Waals surface area contributed by atoms with Crippen LogP contribution in [0.1, 0.15) is 35.2 Å². The second-order valence-corrected chi connectivity index (χ2v) is 8.13. The van der Waals surface area contributed by atoms with Gasteiger partial charge in [0.15, 0.2) is 0 Å². The van der Waals surface area contributed by atoms with Crippen LogP contribution < -0.4 is 4.90 Å². The summed E-state index contributed by atoms with van der Waals surface area (Å²) in [5.41, 5.74) is 0.132. The molecule has 2 heterocycles. The van der Waals surface area contributed by atoms with Gasteiger partial charge in [-0.15, -0.1) is 11.3 Å². The summed E-state index contributed by atoms with van der Waals surface area (Å²) in [7, 11) is -2.49. The van der Waals surface area contributed by atoms with Crippen molar-refractivity contribution in [2.24, 2.45) is 0 Å². The first kappa shape index (κ1) is 16.3. The fourth-order valence-electron chi connectivity index (χ4n) is 3.90. The standard InChI is InChI=1S/C22H30N2O2S/c1-3-21(25)24(19-8-5-4-6-9-19)22(18-26-2)12-15-23(16-13-22)14-11-20-10-7-17-27-20/h4-10,17H,3,11-16,18H2,1-2H3/i2D3. The van der Waals surface area contributed by atoms with Crippen LogP contribution in [-0.4, -0.2) is 49.6 Å². The van der Waals surface area contributed by atoms with Crippen LogP contribution >= 0.6 is 11.3 Å².